The Hall–Kier alpha value is -1.21. The number of para-hydroxylation sites is 1. The number of aliphatic hydroxyl groups is 1. The molecular formula is C11H11F3O3S. The number of benzene rings is 1. The molecule has 0 saturated heterocycles. The number of carbonyl (C=O) groups excluding carboxylic acids is 1. The molecule has 1 unspecified atom stereocenters. The number of aliphatic hydroxyl groups excluding tert-OH is 1. The normalized spacial score (nSPS) is 13.2. The summed E-state index contributed by atoms with van der Waals surface area (Å²) in [7, 11) is 1.43. The van der Waals surface area contributed by atoms with Crippen molar-refractivity contribution in [1.29, 1.82) is 0 Å². The highest BCUT2D eigenvalue weighted by Crippen LogP contribution is 2.30. The van der Waals surface area contributed by atoms with Crippen molar-refractivity contribution >= 4 is 17.5 Å². The van der Waals surface area contributed by atoms with Crippen LogP contribution < -0.4 is 4.74 Å². The second-order valence-electron chi connectivity index (χ2n) is 3.34. The van der Waals surface area contributed by atoms with Crippen LogP contribution in [0.3, 0.4) is 0 Å². The van der Waals surface area contributed by atoms with Crippen LogP contribution in [0.4, 0.5) is 13.2 Å². The minimum atomic E-state index is -5.01. The lowest BCUT2D eigenvalue weighted by Gasteiger charge is -2.12. The van der Waals surface area contributed by atoms with Crippen molar-refractivity contribution in [2.45, 2.75) is 17.2 Å². The van der Waals surface area contributed by atoms with Gasteiger partial charge in [-0.25, -0.2) is 0 Å². The van der Waals surface area contributed by atoms with Crippen molar-refractivity contribution in [3.63, 3.8) is 0 Å². The summed E-state index contributed by atoms with van der Waals surface area (Å²) in [6.07, 6.45) is -7.08. The lowest BCUT2D eigenvalue weighted by Crippen LogP contribution is -2.35. The van der Waals surface area contributed by atoms with Gasteiger partial charge in [-0.2, -0.15) is 13.2 Å². The van der Waals surface area contributed by atoms with Gasteiger partial charge in [0.05, 0.1) is 7.11 Å². The smallest absolute Gasteiger partial charge is 0.452 e. The van der Waals surface area contributed by atoms with E-state index in [1.54, 1.807) is 24.3 Å². The summed E-state index contributed by atoms with van der Waals surface area (Å²) in [6.45, 7) is 0. The molecule has 3 nitrogen and oxygen atoms in total. The van der Waals surface area contributed by atoms with E-state index < -0.39 is 18.1 Å². The van der Waals surface area contributed by atoms with Gasteiger partial charge >= 0.3 is 6.18 Å². The van der Waals surface area contributed by atoms with E-state index >= 15 is 0 Å². The van der Waals surface area contributed by atoms with Crippen LogP contribution in [-0.2, 0) is 4.79 Å². The minimum Gasteiger partial charge on any atom is -0.496 e. The fourth-order valence-electron chi connectivity index (χ4n) is 1.17. The van der Waals surface area contributed by atoms with Crippen LogP contribution in [0.5, 0.6) is 5.75 Å². The van der Waals surface area contributed by atoms with Crippen LogP contribution in [0.2, 0.25) is 0 Å². The second kappa shape index (κ2) is 6.10. The summed E-state index contributed by atoms with van der Waals surface area (Å²) < 4.78 is 41.1. The summed E-state index contributed by atoms with van der Waals surface area (Å²) in [5.74, 6) is -2.03. The van der Waals surface area contributed by atoms with E-state index in [2.05, 4.69) is 0 Å². The predicted molar refractivity (Wildman–Crippen MR) is 60.8 cm³/mol. The van der Waals surface area contributed by atoms with Gasteiger partial charge in [0.2, 0.25) is 0 Å². The molecule has 0 aliphatic heterocycles. The quantitative estimate of drug-likeness (QED) is 0.841. The van der Waals surface area contributed by atoms with Gasteiger partial charge in [0.25, 0.3) is 5.78 Å². The number of thioether (sulfide) groups is 1. The molecular weight excluding hydrogens is 269 g/mol. The van der Waals surface area contributed by atoms with Gasteiger partial charge in [0.15, 0.2) is 0 Å². The number of alkyl halides is 3. The average molecular weight is 280 g/mol. The molecule has 0 aliphatic carbocycles. The monoisotopic (exact) mass is 280 g/mol. The SMILES string of the molecule is COc1ccccc1SCC(O)C(=O)C(F)(F)F. The van der Waals surface area contributed by atoms with Gasteiger partial charge < -0.3 is 9.84 Å². The zero-order valence-electron chi connectivity index (χ0n) is 9.40. The molecule has 0 amide bonds. The maximum absolute atomic E-state index is 12.0. The van der Waals surface area contributed by atoms with E-state index in [0.717, 1.165) is 11.8 Å². The lowest BCUT2D eigenvalue weighted by molar-refractivity contribution is -0.178. The first kappa shape index (κ1) is 14.8. The number of carbonyl (C=O) groups is 1. The zero-order chi connectivity index (χ0) is 13.8. The molecule has 0 saturated carbocycles. The van der Waals surface area contributed by atoms with Crippen LogP contribution in [0.25, 0.3) is 0 Å². The Bertz CT molecular complexity index is 420. The number of Topliss-reactive ketones (excluding diaryl/α,β-unsaturated/α-hetero) is 1. The first-order chi connectivity index (χ1) is 8.36. The Balaban J connectivity index is 2.63. The van der Waals surface area contributed by atoms with E-state index in [0.29, 0.717) is 10.6 Å². The highest BCUT2D eigenvalue weighted by atomic mass is 32.2. The fourth-order valence-corrected chi connectivity index (χ4v) is 2.13. The van der Waals surface area contributed by atoms with Gasteiger partial charge in [0, 0.05) is 10.6 Å². The van der Waals surface area contributed by atoms with Crippen molar-refractivity contribution in [2.24, 2.45) is 0 Å². The van der Waals surface area contributed by atoms with Gasteiger partial charge in [-0.05, 0) is 12.1 Å². The fraction of sp³-hybridized carbons (Fsp3) is 0.364. The first-order valence-electron chi connectivity index (χ1n) is 4.91. The Kier molecular flexibility index (Phi) is 5.03. The Morgan fingerprint density at radius 2 is 2.06 bits per heavy atom. The molecule has 18 heavy (non-hydrogen) atoms. The number of ketones is 1. The van der Waals surface area contributed by atoms with E-state index in [9.17, 15) is 18.0 Å². The highest BCUT2D eigenvalue weighted by Gasteiger charge is 2.42. The molecule has 0 fully saturated rings. The van der Waals surface area contributed by atoms with Crippen LogP contribution >= 0.6 is 11.8 Å². The van der Waals surface area contributed by atoms with Crippen LogP contribution in [-0.4, -0.2) is 36.0 Å². The van der Waals surface area contributed by atoms with Crippen molar-refractivity contribution < 1.29 is 27.8 Å². The summed E-state index contributed by atoms with van der Waals surface area (Å²) >= 11 is 0.928. The number of rotatable bonds is 5. The Morgan fingerprint density at radius 1 is 1.44 bits per heavy atom. The Morgan fingerprint density at radius 3 is 2.61 bits per heavy atom. The molecule has 7 heteroatoms. The highest BCUT2D eigenvalue weighted by molar-refractivity contribution is 7.99. The third kappa shape index (κ3) is 3.92. The lowest BCUT2D eigenvalue weighted by atomic mass is 10.2. The van der Waals surface area contributed by atoms with Crippen molar-refractivity contribution in [1.82, 2.24) is 0 Å². The van der Waals surface area contributed by atoms with Crippen molar-refractivity contribution in [3.05, 3.63) is 24.3 Å². The molecule has 1 N–H and O–H groups in total. The second-order valence-corrected chi connectivity index (χ2v) is 4.40. The van der Waals surface area contributed by atoms with Crippen molar-refractivity contribution in [3.8, 4) is 5.75 Å². The first-order valence-corrected chi connectivity index (χ1v) is 5.89. The van der Waals surface area contributed by atoms with E-state index in [-0.39, 0.29) is 5.75 Å². The van der Waals surface area contributed by atoms with E-state index in [1.165, 1.54) is 7.11 Å². The maximum atomic E-state index is 12.0. The largest absolute Gasteiger partial charge is 0.496 e. The molecule has 0 bridgehead atoms. The predicted octanol–water partition coefficient (Wildman–Crippen LogP) is 2.28. The third-order valence-electron chi connectivity index (χ3n) is 2.05. The van der Waals surface area contributed by atoms with E-state index in [4.69, 9.17) is 9.84 Å². The van der Waals surface area contributed by atoms with Crippen LogP contribution in [0.1, 0.15) is 0 Å². The topological polar surface area (TPSA) is 46.5 Å². The van der Waals surface area contributed by atoms with Crippen LogP contribution in [0.15, 0.2) is 29.2 Å². The van der Waals surface area contributed by atoms with Gasteiger partial charge in [-0.15, -0.1) is 11.8 Å². The summed E-state index contributed by atoms with van der Waals surface area (Å²) in [5, 5.41) is 9.15. The molecule has 1 rings (SSSR count). The molecule has 1 aromatic rings. The number of hydrogen-bond acceptors (Lipinski definition) is 4. The third-order valence-corrected chi connectivity index (χ3v) is 3.18. The zero-order valence-corrected chi connectivity index (χ0v) is 10.2. The van der Waals surface area contributed by atoms with Gasteiger partial charge in [-0.1, -0.05) is 12.1 Å². The van der Waals surface area contributed by atoms with Gasteiger partial charge in [-0.3, -0.25) is 4.79 Å². The Labute approximate surface area is 106 Å². The van der Waals surface area contributed by atoms with Crippen LogP contribution in [0, 0.1) is 0 Å². The molecule has 1 aromatic carbocycles. The molecule has 0 radical (unpaired) electrons. The number of methoxy groups -OCH3 is 1. The average Bonchev–Trinajstić information content (AvgIpc) is 2.34. The molecule has 0 spiro atoms. The summed E-state index contributed by atoms with van der Waals surface area (Å²) in [5.41, 5.74) is 0. The standard InChI is InChI=1S/C11H11F3O3S/c1-17-8-4-2-3-5-9(8)18-6-7(15)10(16)11(12,13)14/h2-5,7,15H,6H2,1H3. The van der Waals surface area contributed by atoms with Gasteiger partial charge in [0.1, 0.15) is 11.9 Å². The number of halogens is 3. The molecule has 0 aliphatic rings. The van der Waals surface area contributed by atoms with E-state index in [1.807, 2.05) is 0 Å². The molecule has 0 aromatic heterocycles. The minimum absolute atomic E-state index is 0.376. The van der Waals surface area contributed by atoms with Crippen molar-refractivity contribution in [2.75, 3.05) is 12.9 Å². The molecule has 100 valence electrons. The number of ether oxygens (including phenoxy) is 1. The maximum Gasteiger partial charge on any atom is 0.452 e. The molecule has 1 atom stereocenters. The molecule has 0 heterocycles. The summed E-state index contributed by atoms with van der Waals surface area (Å²) in [6, 6.07) is 6.66. The summed E-state index contributed by atoms with van der Waals surface area (Å²) in [4.78, 5) is 11.3. The number of hydrogen-bond donors (Lipinski definition) is 1.